The quantitative estimate of drug-likeness (QED) is 0.0986. The summed E-state index contributed by atoms with van der Waals surface area (Å²) in [6, 6.07) is 52.0. The third kappa shape index (κ3) is 7.38. The van der Waals surface area contributed by atoms with Gasteiger partial charge in [-0.2, -0.15) is 0 Å². The van der Waals surface area contributed by atoms with Crippen LogP contribution in [0, 0.1) is 0 Å². The number of hydrogen-bond donors (Lipinski definition) is 2. The average Bonchev–Trinajstić information content (AvgIpc) is 4.23. The smallest absolute Gasteiger partial charge is 0.456 e. The van der Waals surface area contributed by atoms with Crippen molar-refractivity contribution in [2.24, 2.45) is 0 Å². The molecule has 72 heavy (non-hydrogen) atoms. The molecule has 0 aliphatic rings. The first-order valence-corrected chi connectivity index (χ1v) is 23.8. The molecule has 0 aliphatic heterocycles. The van der Waals surface area contributed by atoms with Gasteiger partial charge in [0, 0.05) is 64.2 Å². The molecule has 346 valence electrons. The first-order chi connectivity index (χ1) is 35.1. The van der Waals surface area contributed by atoms with E-state index in [1.54, 1.807) is 30.3 Å². The van der Waals surface area contributed by atoms with E-state index in [-0.39, 0.29) is 10.4 Å². The monoisotopic (exact) mass is 1020 g/mol. The van der Waals surface area contributed by atoms with Crippen LogP contribution in [-0.2, 0) is 0 Å². The maximum absolute atomic E-state index is 9.24. The molecule has 0 spiro atoms. The molecule has 0 fully saturated rings. The van der Waals surface area contributed by atoms with E-state index in [4.69, 9.17) is 78.5 Å². The van der Waals surface area contributed by atoms with E-state index >= 15 is 0 Å². The number of furan rings is 5. The number of benzene rings is 8. The summed E-state index contributed by atoms with van der Waals surface area (Å²) in [7, 11) is -1.51. The lowest BCUT2D eigenvalue weighted by Gasteiger charge is -2.07. The number of aromatic nitrogens is 4. The minimum absolute atomic E-state index is 0.0835. The summed E-state index contributed by atoms with van der Waals surface area (Å²) in [6.07, 6.45) is 0. The Bertz CT molecular complexity index is 4660. The molecule has 0 saturated heterocycles. The first kappa shape index (κ1) is 44.0. The molecule has 0 radical (unpaired) electrons. The zero-order valence-corrected chi connectivity index (χ0v) is 39.9. The van der Waals surface area contributed by atoms with Gasteiger partial charge in [0.2, 0.25) is 5.28 Å². The lowest BCUT2D eigenvalue weighted by Crippen LogP contribution is -2.29. The predicted octanol–water partition coefficient (Wildman–Crippen LogP) is 15.8. The van der Waals surface area contributed by atoms with Gasteiger partial charge < -0.3 is 32.1 Å². The molecule has 15 aromatic rings. The molecule has 7 heterocycles. The van der Waals surface area contributed by atoms with Gasteiger partial charge in [-0.15, -0.1) is 0 Å². The van der Waals surface area contributed by atoms with Crippen molar-refractivity contribution in [3.63, 3.8) is 0 Å². The predicted molar refractivity (Wildman–Crippen MR) is 288 cm³/mol. The molecule has 8 aromatic carbocycles. The van der Waals surface area contributed by atoms with Gasteiger partial charge in [0.1, 0.15) is 61.4 Å². The molecule has 7 aromatic heterocycles. The molecular weight excluding hydrogens is 993 g/mol. The van der Waals surface area contributed by atoms with Crippen LogP contribution in [0.25, 0.3) is 133 Å². The van der Waals surface area contributed by atoms with E-state index < -0.39 is 7.12 Å². The van der Waals surface area contributed by atoms with Crippen molar-refractivity contribution in [3.8, 4) is 22.6 Å². The lowest BCUT2D eigenvalue weighted by molar-refractivity contribution is 0.425. The second-order valence-electron chi connectivity index (χ2n) is 16.8. The molecule has 15 rings (SSSR count). The average molecular weight is 1020 g/mol. The van der Waals surface area contributed by atoms with Gasteiger partial charge in [0.05, 0.1) is 5.56 Å². The van der Waals surface area contributed by atoms with E-state index in [1.807, 2.05) is 109 Å². The highest BCUT2D eigenvalue weighted by Crippen LogP contribution is 2.43. The highest BCUT2D eigenvalue weighted by molar-refractivity contribution is 6.61. The molecule has 0 saturated carbocycles. The van der Waals surface area contributed by atoms with Crippen LogP contribution in [0.1, 0.15) is 0 Å². The van der Waals surface area contributed by atoms with E-state index in [1.165, 1.54) is 0 Å². The Kier molecular flexibility index (Phi) is 10.7. The van der Waals surface area contributed by atoms with E-state index in [0.29, 0.717) is 66.0 Å². The van der Waals surface area contributed by atoms with E-state index in [2.05, 4.69) is 34.2 Å². The molecular formula is C56H29BCl4N4O7. The van der Waals surface area contributed by atoms with Crippen molar-refractivity contribution >= 4 is 169 Å². The second kappa shape index (κ2) is 17.4. The van der Waals surface area contributed by atoms with E-state index in [9.17, 15) is 10.0 Å². The number of fused-ring (bicyclic) bond motifs is 15. The number of rotatable bonds is 3. The molecule has 2 N–H and O–H groups in total. The third-order valence-corrected chi connectivity index (χ3v) is 13.4. The zero-order chi connectivity index (χ0) is 48.8. The van der Waals surface area contributed by atoms with Crippen molar-refractivity contribution in [1.82, 2.24) is 19.9 Å². The van der Waals surface area contributed by atoms with Gasteiger partial charge in [0.25, 0.3) is 0 Å². The number of halogens is 4. The first-order valence-electron chi connectivity index (χ1n) is 22.3. The van der Waals surface area contributed by atoms with E-state index in [0.717, 1.165) is 82.1 Å². The molecule has 0 unspecified atom stereocenters. The Morgan fingerprint density at radius 1 is 0.361 bits per heavy atom. The van der Waals surface area contributed by atoms with Crippen molar-refractivity contribution < 1.29 is 32.1 Å². The third-order valence-electron chi connectivity index (χ3n) is 12.5. The van der Waals surface area contributed by atoms with Crippen LogP contribution in [0.2, 0.25) is 20.5 Å². The number of para-hydroxylation sites is 6. The highest BCUT2D eigenvalue weighted by Gasteiger charge is 2.24. The summed E-state index contributed by atoms with van der Waals surface area (Å²) in [5.41, 5.74) is 10.7. The van der Waals surface area contributed by atoms with Crippen LogP contribution >= 0.6 is 46.4 Å². The van der Waals surface area contributed by atoms with Gasteiger partial charge in [-0.1, -0.05) is 132 Å². The Morgan fingerprint density at radius 3 is 1.39 bits per heavy atom. The van der Waals surface area contributed by atoms with Crippen LogP contribution < -0.4 is 5.46 Å². The highest BCUT2D eigenvalue weighted by atomic mass is 35.5. The molecule has 16 heteroatoms. The fourth-order valence-electron chi connectivity index (χ4n) is 9.30. The Hall–Kier alpha value is -7.94. The number of nitrogens with zero attached hydrogens (tertiary/aromatic N) is 4. The number of hydrogen-bond acceptors (Lipinski definition) is 11. The van der Waals surface area contributed by atoms with Crippen LogP contribution in [0.15, 0.2) is 186 Å². The summed E-state index contributed by atoms with van der Waals surface area (Å²) >= 11 is 24.0. The Balaban J connectivity index is 0.000000129. The normalized spacial score (nSPS) is 11.8. The topological polar surface area (TPSA) is 158 Å². The second-order valence-corrected chi connectivity index (χ2v) is 18.3. The fraction of sp³-hybridized carbons (Fsp3) is 0. The van der Waals surface area contributed by atoms with Crippen molar-refractivity contribution in [2.45, 2.75) is 0 Å². The summed E-state index contributed by atoms with van der Waals surface area (Å²) < 4.78 is 30.3. The molecule has 0 atom stereocenters. The SMILES string of the molecule is Clc1ccc2oc3c(-c4cccc5c4oc4ccccc45)nc(-c4cccc5c4oc4ccccc45)nc3c2c1.Clc1ccc2oc3c(Cl)nc(Cl)nc3c2c1.OB(O)c1cccc2c1oc1ccccc12. The van der Waals surface area contributed by atoms with Crippen LogP contribution in [0.4, 0.5) is 0 Å². The summed E-state index contributed by atoms with van der Waals surface area (Å²) in [5.74, 6) is 0.531. The Morgan fingerprint density at radius 2 is 0.806 bits per heavy atom. The largest absolute Gasteiger partial charge is 0.492 e. The van der Waals surface area contributed by atoms with Gasteiger partial charge in [-0.25, -0.2) is 19.9 Å². The lowest BCUT2D eigenvalue weighted by atomic mass is 9.79. The molecule has 0 bridgehead atoms. The van der Waals surface area contributed by atoms with Crippen LogP contribution in [0.5, 0.6) is 0 Å². The summed E-state index contributed by atoms with van der Waals surface area (Å²) in [5, 5.41) is 27.6. The maximum atomic E-state index is 9.24. The van der Waals surface area contributed by atoms with Gasteiger partial charge in [0.15, 0.2) is 22.1 Å². The standard InChI is InChI=1S/C34H17ClN2O3.C12H9BO3.C10H3Cl3N2O/c35-18-15-16-28-25(17-18)30-33(40-28)29(23-11-5-9-21-19-7-1-3-13-26(19)38-31(21)23)36-34(37-30)24-12-6-10-22-20-8-2-4-14-27(20)39-32(22)24;14-13(15)10-6-3-5-9-8-4-1-2-7-11(8)16-12(9)10;11-4-1-2-6-5(3-4)7-8(16-6)9(12)15-10(13)14-7/h1-17H;1-7,14-15H;1-3H. The van der Waals surface area contributed by atoms with Crippen molar-refractivity contribution in [2.75, 3.05) is 0 Å². The van der Waals surface area contributed by atoms with Crippen molar-refractivity contribution in [1.29, 1.82) is 0 Å². The fourth-order valence-corrected chi connectivity index (χ4v) is 10.1. The van der Waals surface area contributed by atoms with Crippen LogP contribution in [0.3, 0.4) is 0 Å². The molecule has 0 aliphatic carbocycles. The van der Waals surface area contributed by atoms with Gasteiger partial charge in [-0.3, -0.25) is 0 Å². The Labute approximate surface area is 425 Å². The maximum Gasteiger partial charge on any atom is 0.492 e. The van der Waals surface area contributed by atoms with Gasteiger partial charge >= 0.3 is 7.12 Å². The summed E-state index contributed by atoms with van der Waals surface area (Å²) in [4.78, 5) is 18.1. The van der Waals surface area contributed by atoms with Crippen molar-refractivity contribution in [3.05, 3.63) is 184 Å². The minimum atomic E-state index is -1.51. The van der Waals surface area contributed by atoms with Crippen LogP contribution in [-0.4, -0.2) is 37.1 Å². The zero-order valence-electron chi connectivity index (χ0n) is 36.9. The molecule has 0 amide bonds. The summed E-state index contributed by atoms with van der Waals surface area (Å²) in [6.45, 7) is 0. The minimum Gasteiger partial charge on any atom is -0.456 e. The van der Waals surface area contributed by atoms with Gasteiger partial charge in [-0.05, 0) is 78.3 Å². The molecule has 11 nitrogen and oxygen atoms in total.